The van der Waals surface area contributed by atoms with Crippen LogP contribution in [-0.2, 0) is 0 Å². The lowest BCUT2D eigenvalue weighted by Gasteiger charge is -1.98. The van der Waals surface area contributed by atoms with Crippen LogP contribution in [0.3, 0.4) is 0 Å². The molecule has 17 heavy (non-hydrogen) atoms. The first kappa shape index (κ1) is 10.6. The summed E-state index contributed by atoms with van der Waals surface area (Å²) in [6.07, 6.45) is 0. The third kappa shape index (κ3) is 1.51. The molecule has 0 saturated heterocycles. The average molecular weight is 263 g/mol. The zero-order chi connectivity index (χ0) is 12.0. The zero-order valence-electron chi connectivity index (χ0n) is 8.61. The van der Waals surface area contributed by atoms with Crippen molar-refractivity contribution in [2.24, 2.45) is 0 Å². The fourth-order valence-corrected chi connectivity index (χ4v) is 3.41. The lowest BCUT2D eigenvalue weighted by Crippen LogP contribution is -1.91. The molecule has 0 fully saturated rings. The van der Waals surface area contributed by atoms with Crippen LogP contribution in [-0.4, -0.2) is 11.1 Å². The lowest BCUT2D eigenvalue weighted by molar-refractivity contribution is 0.0702. The van der Waals surface area contributed by atoms with Crippen molar-refractivity contribution in [2.45, 2.75) is 0 Å². The lowest BCUT2D eigenvalue weighted by atomic mass is 10.1. The van der Waals surface area contributed by atoms with Crippen LogP contribution in [0.5, 0.6) is 0 Å². The minimum absolute atomic E-state index is 0.206. The Morgan fingerprint density at radius 3 is 2.65 bits per heavy atom. The van der Waals surface area contributed by atoms with Gasteiger partial charge in [0.05, 0.1) is 5.02 Å². The van der Waals surface area contributed by atoms with Crippen molar-refractivity contribution in [1.29, 1.82) is 0 Å². The molecular formula is C13H7ClO2S. The van der Waals surface area contributed by atoms with Crippen LogP contribution in [0.1, 0.15) is 9.67 Å². The summed E-state index contributed by atoms with van der Waals surface area (Å²) in [5.74, 6) is -0.972. The Labute approximate surface area is 106 Å². The molecule has 4 heteroatoms. The van der Waals surface area contributed by atoms with Gasteiger partial charge in [0.25, 0.3) is 0 Å². The Balaban J connectivity index is 2.51. The maximum absolute atomic E-state index is 11.1. The molecule has 1 N–H and O–H groups in total. The third-order valence-electron chi connectivity index (χ3n) is 2.71. The van der Waals surface area contributed by atoms with E-state index in [0.717, 1.165) is 20.9 Å². The summed E-state index contributed by atoms with van der Waals surface area (Å²) in [6, 6.07) is 11.7. The van der Waals surface area contributed by atoms with Gasteiger partial charge < -0.3 is 5.11 Å². The van der Waals surface area contributed by atoms with Crippen LogP contribution in [0.2, 0.25) is 5.02 Å². The molecule has 0 bridgehead atoms. The zero-order valence-corrected chi connectivity index (χ0v) is 10.2. The van der Waals surface area contributed by atoms with E-state index < -0.39 is 5.97 Å². The van der Waals surface area contributed by atoms with Gasteiger partial charge in [0, 0.05) is 10.1 Å². The molecule has 0 unspecified atom stereocenters. The molecule has 0 saturated carbocycles. The molecule has 0 spiro atoms. The number of rotatable bonds is 1. The first-order valence-corrected chi connectivity index (χ1v) is 6.21. The SMILES string of the molecule is O=C(O)c1sc2c(ccc3ccccc32)c1Cl. The van der Waals surface area contributed by atoms with Gasteiger partial charge in [0.2, 0.25) is 0 Å². The summed E-state index contributed by atoms with van der Waals surface area (Å²) >= 11 is 7.31. The van der Waals surface area contributed by atoms with Crippen molar-refractivity contribution in [3.8, 4) is 0 Å². The Bertz CT molecular complexity index is 746. The van der Waals surface area contributed by atoms with E-state index in [1.54, 1.807) is 0 Å². The molecule has 0 aliphatic rings. The van der Waals surface area contributed by atoms with Gasteiger partial charge >= 0.3 is 5.97 Å². The second kappa shape index (κ2) is 3.72. The highest BCUT2D eigenvalue weighted by Crippen LogP contribution is 2.39. The maximum Gasteiger partial charge on any atom is 0.347 e. The van der Waals surface area contributed by atoms with Crippen molar-refractivity contribution in [3.05, 3.63) is 46.3 Å². The van der Waals surface area contributed by atoms with E-state index in [1.807, 2.05) is 36.4 Å². The monoisotopic (exact) mass is 262 g/mol. The number of fused-ring (bicyclic) bond motifs is 3. The smallest absolute Gasteiger partial charge is 0.347 e. The summed E-state index contributed by atoms with van der Waals surface area (Å²) in [6.45, 7) is 0. The van der Waals surface area contributed by atoms with Crippen LogP contribution < -0.4 is 0 Å². The molecule has 0 aliphatic carbocycles. The van der Waals surface area contributed by atoms with Crippen molar-refractivity contribution in [3.63, 3.8) is 0 Å². The Morgan fingerprint density at radius 2 is 1.88 bits per heavy atom. The number of aromatic carboxylic acids is 1. The number of thiophene rings is 1. The number of carboxylic acids is 1. The predicted molar refractivity (Wildman–Crippen MR) is 71.3 cm³/mol. The van der Waals surface area contributed by atoms with Gasteiger partial charge in [-0.2, -0.15) is 0 Å². The van der Waals surface area contributed by atoms with Crippen LogP contribution >= 0.6 is 22.9 Å². The molecule has 3 rings (SSSR count). The quantitative estimate of drug-likeness (QED) is 0.705. The van der Waals surface area contributed by atoms with Crippen LogP contribution in [0.25, 0.3) is 20.9 Å². The predicted octanol–water partition coefficient (Wildman–Crippen LogP) is 4.41. The van der Waals surface area contributed by atoms with Gasteiger partial charge in [0.15, 0.2) is 0 Å². The molecule has 2 nitrogen and oxygen atoms in total. The standard InChI is InChI=1S/C13H7ClO2S/c14-10-9-6-5-7-3-1-2-4-8(7)11(9)17-12(10)13(15)16/h1-6H,(H,15,16). The van der Waals surface area contributed by atoms with Gasteiger partial charge in [-0.1, -0.05) is 48.0 Å². The molecule has 0 atom stereocenters. The summed E-state index contributed by atoms with van der Waals surface area (Å²) in [7, 11) is 0. The molecule has 0 aliphatic heterocycles. The Kier molecular flexibility index (Phi) is 2.31. The van der Waals surface area contributed by atoms with E-state index in [2.05, 4.69) is 0 Å². The third-order valence-corrected chi connectivity index (χ3v) is 4.45. The van der Waals surface area contributed by atoms with Crippen molar-refractivity contribution < 1.29 is 9.90 Å². The van der Waals surface area contributed by atoms with Crippen LogP contribution in [0, 0.1) is 0 Å². The molecule has 1 heterocycles. The summed E-state index contributed by atoms with van der Waals surface area (Å²) in [5.41, 5.74) is 0. The second-order valence-corrected chi connectivity index (χ2v) is 5.11. The van der Waals surface area contributed by atoms with E-state index in [9.17, 15) is 4.79 Å². The number of carboxylic acid groups (broad SMARTS) is 1. The fourth-order valence-electron chi connectivity index (χ4n) is 1.93. The van der Waals surface area contributed by atoms with Crippen molar-refractivity contribution in [1.82, 2.24) is 0 Å². The van der Waals surface area contributed by atoms with Gasteiger partial charge in [-0.05, 0) is 10.8 Å². The molecule has 0 amide bonds. The minimum atomic E-state index is -0.972. The molecule has 0 radical (unpaired) electrons. The first-order chi connectivity index (χ1) is 8.18. The summed E-state index contributed by atoms with van der Waals surface area (Å²) in [4.78, 5) is 11.3. The molecule has 3 aromatic rings. The fraction of sp³-hybridized carbons (Fsp3) is 0. The number of halogens is 1. The van der Waals surface area contributed by atoms with E-state index in [0.29, 0.717) is 5.02 Å². The second-order valence-electron chi connectivity index (χ2n) is 3.71. The number of benzene rings is 2. The number of hydrogen-bond acceptors (Lipinski definition) is 2. The highest BCUT2D eigenvalue weighted by atomic mass is 35.5. The van der Waals surface area contributed by atoms with E-state index in [1.165, 1.54) is 11.3 Å². The van der Waals surface area contributed by atoms with Gasteiger partial charge in [-0.15, -0.1) is 11.3 Å². The maximum atomic E-state index is 11.1. The van der Waals surface area contributed by atoms with E-state index >= 15 is 0 Å². The normalized spacial score (nSPS) is 11.1. The molecule has 84 valence electrons. The minimum Gasteiger partial charge on any atom is -0.477 e. The number of hydrogen-bond donors (Lipinski definition) is 1. The van der Waals surface area contributed by atoms with E-state index in [-0.39, 0.29) is 4.88 Å². The van der Waals surface area contributed by atoms with Crippen molar-refractivity contribution in [2.75, 3.05) is 0 Å². The number of carbonyl (C=O) groups is 1. The van der Waals surface area contributed by atoms with Gasteiger partial charge in [0.1, 0.15) is 4.88 Å². The summed E-state index contributed by atoms with van der Waals surface area (Å²) in [5, 5.41) is 12.4. The largest absolute Gasteiger partial charge is 0.477 e. The Hall–Kier alpha value is -1.58. The summed E-state index contributed by atoms with van der Waals surface area (Å²) < 4.78 is 0.936. The van der Waals surface area contributed by atoms with Crippen molar-refractivity contribution >= 4 is 49.8 Å². The topological polar surface area (TPSA) is 37.3 Å². The molecular weight excluding hydrogens is 256 g/mol. The molecule has 2 aromatic carbocycles. The Morgan fingerprint density at radius 1 is 1.12 bits per heavy atom. The van der Waals surface area contributed by atoms with E-state index in [4.69, 9.17) is 16.7 Å². The average Bonchev–Trinajstić information content (AvgIpc) is 2.67. The highest BCUT2D eigenvalue weighted by molar-refractivity contribution is 7.22. The first-order valence-electron chi connectivity index (χ1n) is 5.01. The van der Waals surface area contributed by atoms with Gasteiger partial charge in [-0.3, -0.25) is 0 Å². The molecule has 1 aromatic heterocycles. The van der Waals surface area contributed by atoms with Crippen LogP contribution in [0.4, 0.5) is 0 Å². The highest BCUT2D eigenvalue weighted by Gasteiger charge is 2.17. The van der Waals surface area contributed by atoms with Gasteiger partial charge in [-0.25, -0.2) is 4.79 Å². The van der Waals surface area contributed by atoms with Crippen LogP contribution in [0.15, 0.2) is 36.4 Å².